The molecule has 1 unspecified atom stereocenters. The molecule has 3 aromatic carbocycles. The van der Waals surface area contributed by atoms with Crippen LogP contribution in [0.1, 0.15) is 44.2 Å². The van der Waals surface area contributed by atoms with E-state index in [1.807, 2.05) is 26.0 Å². The molecule has 0 radical (unpaired) electrons. The van der Waals surface area contributed by atoms with E-state index in [1.54, 1.807) is 55.5 Å². The van der Waals surface area contributed by atoms with Gasteiger partial charge in [0, 0.05) is 23.6 Å². The molecule has 3 rings (SSSR count). The third-order valence-electron chi connectivity index (χ3n) is 6.45. The molecule has 7 nitrogen and oxygen atoms in total. The summed E-state index contributed by atoms with van der Waals surface area (Å²) in [6.07, 6.45) is 0.311. The molecule has 0 saturated heterocycles. The summed E-state index contributed by atoms with van der Waals surface area (Å²) in [4.78, 5) is 28.2. The molecule has 208 valence electrons. The van der Waals surface area contributed by atoms with Gasteiger partial charge in [-0.3, -0.25) is 13.9 Å². The van der Waals surface area contributed by atoms with Gasteiger partial charge in [-0.2, -0.15) is 0 Å². The van der Waals surface area contributed by atoms with Gasteiger partial charge in [-0.25, -0.2) is 8.42 Å². The van der Waals surface area contributed by atoms with Crippen molar-refractivity contribution in [3.63, 3.8) is 0 Å². The topological polar surface area (TPSA) is 86.8 Å². The summed E-state index contributed by atoms with van der Waals surface area (Å²) < 4.78 is 28.7. The number of anilines is 1. The number of sulfonamides is 1. The summed E-state index contributed by atoms with van der Waals surface area (Å²) >= 11 is 12.5. The fourth-order valence-electron chi connectivity index (χ4n) is 4.19. The van der Waals surface area contributed by atoms with Crippen LogP contribution in [0.3, 0.4) is 0 Å². The Labute approximate surface area is 240 Å². The van der Waals surface area contributed by atoms with Crippen LogP contribution >= 0.6 is 23.2 Å². The smallest absolute Gasteiger partial charge is 0.264 e. The Morgan fingerprint density at radius 2 is 1.59 bits per heavy atom. The molecular weight excluding hydrogens is 557 g/mol. The molecule has 0 aliphatic heterocycles. The van der Waals surface area contributed by atoms with E-state index in [4.69, 9.17) is 23.2 Å². The molecule has 1 atom stereocenters. The van der Waals surface area contributed by atoms with Crippen LogP contribution in [0.2, 0.25) is 10.0 Å². The summed E-state index contributed by atoms with van der Waals surface area (Å²) in [5.74, 6) is -0.670. The summed E-state index contributed by atoms with van der Waals surface area (Å²) in [7, 11) is -2.63. The first-order chi connectivity index (χ1) is 18.5. The molecule has 3 aromatic rings. The average Bonchev–Trinajstić information content (AvgIpc) is 2.92. The monoisotopic (exact) mass is 589 g/mol. The Balaban J connectivity index is 2.08. The van der Waals surface area contributed by atoms with Crippen molar-refractivity contribution < 1.29 is 18.0 Å². The Hall–Kier alpha value is -3.07. The van der Waals surface area contributed by atoms with Crippen LogP contribution in [0, 0.1) is 0 Å². The number of hydrogen-bond donors (Lipinski definition) is 1. The highest BCUT2D eigenvalue weighted by molar-refractivity contribution is 7.92. The van der Waals surface area contributed by atoms with Gasteiger partial charge in [0.25, 0.3) is 10.0 Å². The summed E-state index contributed by atoms with van der Waals surface area (Å²) in [6, 6.07) is 19.1. The quantitative estimate of drug-likeness (QED) is 0.303. The minimum absolute atomic E-state index is 0.00766. The van der Waals surface area contributed by atoms with Crippen molar-refractivity contribution in [2.45, 2.75) is 50.6 Å². The van der Waals surface area contributed by atoms with E-state index in [-0.39, 0.29) is 23.3 Å². The van der Waals surface area contributed by atoms with Gasteiger partial charge in [-0.15, -0.1) is 0 Å². The van der Waals surface area contributed by atoms with Gasteiger partial charge in [0.1, 0.15) is 12.6 Å². The second kappa shape index (κ2) is 13.3. The highest BCUT2D eigenvalue weighted by atomic mass is 35.5. The third-order valence-corrected chi connectivity index (χ3v) is 8.82. The van der Waals surface area contributed by atoms with Crippen LogP contribution < -0.4 is 9.62 Å². The first kappa shape index (κ1) is 30.5. The molecule has 0 bridgehead atoms. The van der Waals surface area contributed by atoms with Gasteiger partial charge >= 0.3 is 0 Å². The molecule has 0 fully saturated rings. The summed E-state index contributed by atoms with van der Waals surface area (Å²) in [5.41, 5.74) is 1.95. The first-order valence-corrected chi connectivity index (χ1v) is 14.8. The maximum atomic E-state index is 14.0. The number of halogens is 2. The zero-order valence-electron chi connectivity index (χ0n) is 22.4. The normalized spacial score (nSPS) is 12.2. The van der Waals surface area contributed by atoms with Crippen molar-refractivity contribution in [2.24, 2.45) is 0 Å². The maximum Gasteiger partial charge on any atom is 0.264 e. The first-order valence-electron chi connectivity index (χ1n) is 12.6. The average molecular weight is 591 g/mol. The van der Waals surface area contributed by atoms with Gasteiger partial charge in [0.05, 0.1) is 10.6 Å². The summed E-state index contributed by atoms with van der Waals surface area (Å²) in [6.45, 7) is 5.34. The number of nitrogens with zero attached hydrogens (tertiary/aromatic N) is 2. The van der Waals surface area contributed by atoms with E-state index >= 15 is 0 Å². The number of hydrogen-bond acceptors (Lipinski definition) is 4. The number of amides is 2. The van der Waals surface area contributed by atoms with Crippen LogP contribution in [-0.4, -0.2) is 44.8 Å². The van der Waals surface area contributed by atoms with Gasteiger partial charge in [-0.05, 0) is 59.9 Å². The second-order valence-corrected chi connectivity index (χ2v) is 12.1. The van der Waals surface area contributed by atoms with Crippen molar-refractivity contribution in [3.05, 3.63) is 94.0 Å². The predicted octanol–water partition coefficient (Wildman–Crippen LogP) is 5.87. The number of carbonyl (C=O) groups is 2. The largest absolute Gasteiger partial charge is 0.357 e. The van der Waals surface area contributed by atoms with Crippen molar-refractivity contribution in [2.75, 3.05) is 17.9 Å². The lowest BCUT2D eigenvalue weighted by molar-refractivity contribution is -0.140. The fraction of sp³-hybridized carbons (Fsp3) is 0.310. The molecule has 0 spiro atoms. The molecule has 0 saturated carbocycles. The molecule has 2 amide bonds. The van der Waals surface area contributed by atoms with Crippen molar-refractivity contribution in [1.82, 2.24) is 10.2 Å². The lowest BCUT2D eigenvalue weighted by Gasteiger charge is -2.33. The number of likely N-dealkylation sites (N-methyl/N-ethyl adjacent to an activating group) is 1. The molecule has 1 N–H and O–H groups in total. The minimum atomic E-state index is -4.12. The van der Waals surface area contributed by atoms with Crippen LogP contribution in [0.15, 0.2) is 77.7 Å². The lowest BCUT2D eigenvalue weighted by atomic mass is 10.0. The van der Waals surface area contributed by atoms with E-state index < -0.39 is 28.5 Å². The van der Waals surface area contributed by atoms with E-state index in [1.165, 1.54) is 24.1 Å². The highest BCUT2D eigenvalue weighted by Gasteiger charge is 2.33. The molecule has 0 aliphatic rings. The Kier molecular flexibility index (Phi) is 10.4. The van der Waals surface area contributed by atoms with Crippen LogP contribution in [0.4, 0.5) is 5.69 Å². The van der Waals surface area contributed by atoms with Crippen LogP contribution in [0.5, 0.6) is 0 Å². The Morgan fingerprint density at radius 1 is 0.949 bits per heavy atom. The SMILES string of the molecule is CCC(C(=O)NC)N(Cc1ccc(Cl)cc1Cl)C(=O)CN(c1ccc(C(C)C)cc1)S(=O)(=O)c1ccccc1. The molecule has 0 aliphatic carbocycles. The number of carbonyl (C=O) groups excluding carboxylic acids is 2. The van der Waals surface area contributed by atoms with E-state index in [9.17, 15) is 18.0 Å². The molecule has 10 heteroatoms. The molecular formula is C29H33Cl2N3O4S. The number of rotatable bonds is 11. The highest BCUT2D eigenvalue weighted by Crippen LogP contribution is 2.28. The van der Waals surface area contributed by atoms with Gasteiger partial charge < -0.3 is 10.2 Å². The molecule has 0 heterocycles. The Bertz CT molecular complexity index is 1400. The molecule has 39 heavy (non-hydrogen) atoms. The van der Waals surface area contributed by atoms with Gasteiger partial charge in [0.15, 0.2) is 0 Å². The summed E-state index contributed by atoms with van der Waals surface area (Å²) in [5, 5.41) is 3.37. The number of benzene rings is 3. The van der Waals surface area contributed by atoms with E-state index in [0.717, 1.165) is 9.87 Å². The number of nitrogens with one attached hydrogen (secondary N) is 1. The maximum absolute atomic E-state index is 14.0. The van der Waals surface area contributed by atoms with Crippen LogP contribution in [0.25, 0.3) is 0 Å². The second-order valence-electron chi connectivity index (χ2n) is 9.37. The van der Waals surface area contributed by atoms with Crippen molar-refractivity contribution in [1.29, 1.82) is 0 Å². The lowest BCUT2D eigenvalue weighted by Crippen LogP contribution is -2.51. The minimum Gasteiger partial charge on any atom is -0.357 e. The van der Waals surface area contributed by atoms with E-state index in [2.05, 4.69) is 5.32 Å². The predicted molar refractivity (Wildman–Crippen MR) is 157 cm³/mol. The zero-order chi connectivity index (χ0) is 28.7. The van der Waals surface area contributed by atoms with Gasteiger partial charge in [-0.1, -0.05) is 80.4 Å². The standard InChI is InChI=1S/C29H33Cl2N3O4S/c1-5-27(29(36)32-4)33(18-22-11-14-23(30)17-26(22)31)28(35)19-34(24-15-12-21(13-16-24)20(2)3)39(37,38)25-9-7-6-8-10-25/h6-17,20,27H,5,18-19H2,1-4H3,(H,32,36). The third kappa shape index (κ3) is 7.32. The fourth-order valence-corrected chi connectivity index (χ4v) is 6.10. The van der Waals surface area contributed by atoms with E-state index in [0.29, 0.717) is 27.7 Å². The molecule has 0 aromatic heterocycles. The Morgan fingerprint density at radius 3 is 2.13 bits per heavy atom. The van der Waals surface area contributed by atoms with Crippen molar-refractivity contribution >= 4 is 50.7 Å². The van der Waals surface area contributed by atoms with Gasteiger partial charge in [0.2, 0.25) is 11.8 Å². The van der Waals surface area contributed by atoms with Crippen LogP contribution in [-0.2, 0) is 26.2 Å². The zero-order valence-corrected chi connectivity index (χ0v) is 24.7. The van der Waals surface area contributed by atoms with Crippen molar-refractivity contribution in [3.8, 4) is 0 Å².